The summed E-state index contributed by atoms with van der Waals surface area (Å²) in [6, 6.07) is 12.0. The van der Waals surface area contributed by atoms with Gasteiger partial charge in [0.1, 0.15) is 24.2 Å². The van der Waals surface area contributed by atoms with Crippen LogP contribution in [-0.2, 0) is 5.41 Å². The summed E-state index contributed by atoms with van der Waals surface area (Å²) < 4.78 is 12.9. The minimum Gasteiger partial charge on any atom is -0.495 e. The number of methoxy groups -OCH3 is 2. The minimum atomic E-state index is -0.168. The van der Waals surface area contributed by atoms with E-state index in [4.69, 9.17) is 21.1 Å². The summed E-state index contributed by atoms with van der Waals surface area (Å²) in [6.45, 7) is 8.70. The number of halogens is 1. The smallest absolute Gasteiger partial charge is 0.214 e. The molecule has 0 fully saturated rings. The molecule has 0 aromatic heterocycles. The average molecular weight is 372 g/mol. The van der Waals surface area contributed by atoms with Crippen LogP contribution < -0.4 is 14.8 Å². The molecule has 0 bridgehead atoms. The van der Waals surface area contributed by atoms with Crippen molar-refractivity contribution in [1.29, 1.82) is 0 Å². The molecule has 0 unspecified atom stereocenters. The quantitative estimate of drug-likeness (QED) is 0.752. The van der Waals surface area contributed by atoms with Crippen LogP contribution in [0.2, 0.25) is 5.02 Å². The summed E-state index contributed by atoms with van der Waals surface area (Å²) >= 11 is 6.29. The Hall–Kier alpha value is -2.46. The van der Waals surface area contributed by atoms with Crippen LogP contribution in [0.1, 0.15) is 19.4 Å². The van der Waals surface area contributed by atoms with Crippen molar-refractivity contribution in [3.63, 3.8) is 0 Å². The molecule has 1 aliphatic heterocycles. The molecule has 3 rings (SSSR count). The number of para-hydroxylation sites is 1. The molecule has 0 atom stereocenters. The van der Waals surface area contributed by atoms with E-state index in [2.05, 4.69) is 61.6 Å². The van der Waals surface area contributed by atoms with E-state index in [9.17, 15) is 0 Å². The number of allylic oxidation sites excluding steroid dienone is 1. The van der Waals surface area contributed by atoms with Gasteiger partial charge < -0.3 is 14.8 Å². The third kappa shape index (κ3) is 2.84. The summed E-state index contributed by atoms with van der Waals surface area (Å²) in [7, 11) is 5.26. The highest BCUT2D eigenvalue weighted by Crippen LogP contribution is 2.42. The Morgan fingerprint density at radius 1 is 1.12 bits per heavy atom. The zero-order valence-corrected chi connectivity index (χ0v) is 16.6. The monoisotopic (exact) mass is 371 g/mol. The van der Waals surface area contributed by atoms with Gasteiger partial charge in [0.15, 0.2) is 0 Å². The summed E-state index contributed by atoms with van der Waals surface area (Å²) in [5, 5.41) is 3.89. The molecule has 1 heterocycles. The number of hydrogen-bond acceptors (Lipinski definition) is 3. The number of nitrogens with one attached hydrogen (secondary N) is 1. The van der Waals surface area contributed by atoms with Gasteiger partial charge in [-0.3, -0.25) is 0 Å². The Labute approximate surface area is 159 Å². The lowest BCUT2D eigenvalue weighted by Gasteiger charge is -2.21. The second kappa shape index (κ2) is 6.69. The molecule has 136 valence electrons. The van der Waals surface area contributed by atoms with E-state index in [0.29, 0.717) is 16.5 Å². The number of fused-ring (bicyclic) bond motifs is 1. The average Bonchev–Trinajstić information content (AvgIpc) is 2.81. The molecule has 5 heteroatoms. The fraction of sp³-hybridized carbons (Fsp3) is 0.286. The first-order chi connectivity index (χ1) is 12.3. The van der Waals surface area contributed by atoms with E-state index in [1.807, 2.05) is 0 Å². The first-order valence-electron chi connectivity index (χ1n) is 8.39. The van der Waals surface area contributed by atoms with Crippen molar-refractivity contribution in [3.8, 4) is 11.5 Å². The molecule has 0 radical (unpaired) electrons. The third-order valence-electron chi connectivity index (χ3n) is 4.91. The second-order valence-corrected chi connectivity index (χ2v) is 7.25. The first kappa shape index (κ1) is 18.3. The normalized spacial score (nSPS) is 14.8. The summed E-state index contributed by atoms with van der Waals surface area (Å²) in [5.74, 6) is 1.21. The van der Waals surface area contributed by atoms with Crippen molar-refractivity contribution in [2.45, 2.75) is 19.3 Å². The maximum atomic E-state index is 6.29. The van der Waals surface area contributed by atoms with E-state index in [1.54, 1.807) is 26.4 Å². The number of hydrogen-bond donors (Lipinski definition) is 1. The predicted molar refractivity (Wildman–Crippen MR) is 108 cm³/mol. The predicted octanol–water partition coefficient (Wildman–Crippen LogP) is 4.99. The first-order valence-corrected chi connectivity index (χ1v) is 8.77. The van der Waals surface area contributed by atoms with E-state index < -0.39 is 0 Å². The van der Waals surface area contributed by atoms with Crippen molar-refractivity contribution in [2.24, 2.45) is 0 Å². The maximum absolute atomic E-state index is 6.29. The van der Waals surface area contributed by atoms with Crippen LogP contribution in [0.3, 0.4) is 0 Å². The molecule has 0 amide bonds. The molecule has 2 aromatic rings. The van der Waals surface area contributed by atoms with Gasteiger partial charge in [-0.1, -0.05) is 36.4 Å². The van der Waals surface area contributed by atoms with Gasteiger partial charge in [0.2, 0.25) is 11.4 Å². The van der Waals surface area contributed by atoms with Gasteiger partial charge in [-0.2, -0.15) is 4.58 Å². The van der Waals surface area contributed by atoms with Crippen LogP contribution in [0, 0.1) is 0 Å². The Kier molecular flexibility index (Phi) is 4.72. The number of rotatable bonds is 5. The molecule has 0 spiro atoms. The van der Waals surface area contributed by atoms with Gasteiger partial charge >= 0.3 is 0 Å². The summed E-state index contributed by atoms with van der Waals surface area (Å²) in [6.07, 6.45) is 0. The van der Waals surface area contributed by atoms with Crippen molar-refractivity contribution >= 4 is 28.7 Å². The van der Waals surface area contributed by atoms with E-state index in [1.165, 1.54) is 11.3 Å². The van der Waals surface area contributed by atoms with Gasteiger partial charge in [-0.05, 0) is 19.9 Å². The van der Waals surface area contributed by atoms with Crippen LogP contribution >= 0.6 is 11.6 Å². The lowest BCUT2D eigenvalue weighted by molar-refractivity contribution is -0.402. The maximum Gasteiger partial charge on any atom is 0.214 e. The largest absolute Gasteiger partial charge is 0.495 e. The fourth-order valence-electron chi connectivity index (χ4n) is 3.72. The van der Waals surface area contributed by atoms with Crippen LogP contribution in [0.4, 0.5) is 11.4 Å². The molecule has 0 saturated carbocycles. The molecule has 0 aliphatic carbocycles. The highest BCUT2D eigenvalue weighted by atomic mass is 35.5. The lowest BCUT2D eigenvalue weighted by Crippen LogP contribution is -2.32. The van der Waals surface area contributed by atoms with Crippen molar-refractivity contribution in [2.75, 3.05) is 26.6 Å². The second-order valence-electron chi connectivity index (χ2n) is 6.84. The Bertz CT molecular complexity index is 916. The Balaban J connectivity index is 2.00. The van der Waals surface area contributed by atoms with Gasteiger partial charge in [-0.15, -0.1) is 0 Å². The van der Waals surface area contributed by atoms with Crippen molar-refractivity contribution in [1.82, 2.24) is 0 Å². The Morgan fingerprint density at radius 3 is 2.38 bits per heavy atom. The fourth-order valence-corrected chi connectivity index (χ4v) is 3.96. The molecule has 26 heavy (non-hydrogen) atoms. The molecule has 2 aromatic carbocycles. The molecule has 1 aliphatic rings. The molecule has 1 N–H and O–H groups in total. The summed E-state index contributed by atoms with van der Waals surface area (Å²) in [4.78, 5) is 0. The van der Waals surface area contributed by atoms with E-state index in [-0.39, 0.29) is 5.41 Å². The third-order valence-corrected chi connectivity index (χ3v) is 5.21. The van der Waals surface area contributed by atoms with E-state index in [0.717, 1.165) is 17.1 Å². The highest BCUT2D eigenvalue weighted by Gasteiger charge is 2.45. The standard InChI is InChI=1S/C21H24ClN2O2/c1-13(23-16-11-15(22)18(25-5)12-19(16)26-6)20-21(2,3)14-9-7-8-10-17(14)24(20)4/h7-12,23H,1H2,2-6H3/q+1. The molecule has 4 nitrogen and oxygen atoms in total. The Morgan fingerprint density at radius 2 is 1.77 bits per heavy atom. The zero-order valence-electron chi connectivity index (χ0n) is 15.8. The molecular formula is C21H24ClN2O2+. The van der Waals surface area contributed by atoms with Crippen LogP contribution in [-0.4, -0.2) is 31.6 Å². The SMILES string of the molecule is C=C(Nc1cc(Cl)c(OC)cc1OC)C1=[N+](C)c2ccccc2C1(C)C. The minimum absolute atomic E-state index is 0.168. The van der Waals surface area contributed by atoms with Gasteiger partial charge in [0.05, 0.1) is 30.3 Å². The van der Waals surface area contributed by atoms with Gasteiger partial charge in [-0.25, -0.2) is 0 Å². The van der Waals surface area contributed by atoms with Crippen molar-refractivity contribution in [3.05, 3.63) is 59.3 Å². The lowest BCUT2D eigenvalue weighted by atomic mass is 9.80. The van der Waals surface area contributed by atoms with Crippen LogP contribution in [0.15, 0.2) is 48.7 Å². The van der Waals surface area contributed by atoms with Crippen LogP contribution in [0.5, 0.6) is 11.5 Å². The number of ether oxygens (including phenoxy) is 2. The van der Waals surface area contributed by atoms with Crippen molar-refractivity contribution < 1.29 is 14.0 Å². The number of nitrogens with zero attached hydrogens (tertiary/aromatic N) is 1. The molecular weight excluding hydrogens is 348 g/mol. The highest BCUT2D eigenvalue weighted by molar-refractivity contribution is 6.32. The zero-order chi connectivity index (χ0) is 19.1. The van der Waals surface area contributed by atoms with Gasteiger partial charge in [0.25, 0.3) is 0 Å². The van der Waals surface area contributed by atoms with Crippen LogP contribution in [0.25, 0.3) is 0 Å². The number of anilines is 1. The summed E-state index contributed by atoms with van der Waals surface area (Å²) in [5.41, 5.74) is 4.95. The van der Waals surface area contributed by atoms with Gasteiger partial charge in [0, 0.05) is 17.7 Å². The topological polar surface area (TPSA) is 33.5 Å². The van der Waals surface area contributed by atoms with E-state index >= 15 is 0 Å². The number of benzene rings is 2. The molecule has 0 saturated heterocycles.